The minimum absolute atomic E-state index is 0.165. The van der Waals surface area contributed by atoms with E-state index in [-0.39, 0.29) is 18.2 Å². The third kappa shape index (κ3) is 6.86. The van der Waals surface area contributed by atoms with Crippen molar-refractivity contribution in [1.82, 2.24) is 10.7 Å². The lowest BCUT2D eigenvalue weighted by atomic mass is 10.2. The number of benzene rings is 2. The van der Waals surface area contributed by atoms with Gasteiger partial charge in [-0.3, -0.25) is 9.59 Å². The number of hydrazone groups is 1. The van der Waals surface area contributed by atoms with E-state index >= 15 is 0 Å². The van der Waals surface area contributed by atoms with Crippen LogP contribution in [-0.4, -0.2) is 38.7 Å². The highest BCUT2D eigenvalue weighted by Gasteiger charge is 2.08. The minimum Gasteiger partial charge on any atom is -0.378 e. The van der Waals surface area contributed by atoms with Gasteiger partial charge in [-0.25, -0.2) is 5.43 Å². The molecule has 142 valence electrons. The molecule has 7 heteroatoms. The van der Waals surface area contributed by atoms with Crippen LogP contribution in [0.2, 0.25) is 0 Å². The summed E-state index contributed by atoms with van der Waals surface area (Å²) in [5.74, 6) is -0.353. The third-order valence-electron chi connectivity index (χ3n) is 3.80. The smallest absolute Gasteiger partial charge is 0.252 e. The molecule has 0 aliphatic heterocycles. The maximum atomic E-state index is 12.0. The molecule has 0 aliphatic rings. The van der Waals surface area contributed by atoms with Gasteiger partial charge in [0.15, 0.2) is 0 Å². The Labute approximate surface area is 167 Å². The average molecular weight is 431 g/mol. The molecule has 0 radical (unpaired) electrons. The van der Waals surface area contributed by atoms with Crippen LogP contribution < -0.4 is 15.6 Å². The van der Waals surface area contributed by atoms with Gasteiger partial charge in [0.25, 0.3) is 5.91 Å². The number of amides is 2. The molecule has 0 spiro atoms. The van der Waals surface area contributed by atoms with Crippen LogP contribution in [0.3, 0.4) is 0 Å². The number of hydrogen-bond acceptors (Lipinski definition) is 4. The lowest BCUT2D eigenvalue weighted by Gasteiger charge is -2.11. The first-order valence-electron chi connectivity index (χ1n) is 8.59. The average Bonchev–Trinajstić information content (AvgIpc) is 2.66. The van der Waals surface area contributed by atoms with Crippen molar-refractivity contribution < 1.29 is 9.59 Å². The van der Waals surface area contributed by atoms with Gasteiger partial charge >= 0.3 is 0 Å². The Bertz CT molecular complexity index is 804. The molecule has 6 nitrogen and oxygen atoms in total. The van der Waals surface area contributed by atoms with E-state index in [9.17, 15) is 9.59 Å². The summed E-state index contributed by atoms with van der Waals surface area (Å²) >= 11 is 3.34. The molecule has 0 aliphatic carbocycles. The fraction of sp³-hybridized carbons (Fsp3) is 0.250. The van der Waals surface area contributed by atoms with Crippen molar-refractivity contribution in [3.63, 3.8) is 0 Å². The van der Waals surface area contributed by atoms with E-state index < -0.39 is 0 Å². The Morgan fingerprint density at radius 2 is 1.81 bits per heavy atom. The summed E-state index contributed by atoms with van der Waals surface area (Å²) in [4.78, 5) is 25.8. The number of nitrogens with zero attached hydrogens (tertiary/aromatic N) is 2. The van der Waals surface area contributed by atoms with Crippen LogP contribution in [0.25, 0.3) is 0 Å². The number of nitrogens with one attached hydrogen (secondary N) is 2. The monoisotopic (exact) mass is 430 g/mol. The fourth-order valence-corrected chi connectivity index (χ4v) is 2.75. The van der Waals surface area contributed by atoms with Crippen LogP contribution in [-0.2, 0) is 4.79 Å². The Kier molecular flexibility index (Phi) is 8.00. The fourth-order valence-electron chi connectivity index (χ4n) is 2.28. The van der Waals surface area contributed by atoms with Gasteiger partial charge < -0.3 is 10.2 Å². The molecule has 2 aromatic carbocycles. The summed E-state index contributed by atoms with van der Waals surface area (Å²) in [6, 6.07) is 15.0. The molecular weight excluding hydrogens is 408 g/mol. The molecule has 2 aromatic rings. The Morgan fingerprint density at radius 1 is 1.11 bits per heavy atom. The van der Waals surface area contributed by atoms with Gasteiger partial charge in [0.1, 0.15) is 0 Å². The minimum atomic E-state index is -0.189. The van der Waals surface area contributed by atoms with Crippen LogP contribution in [0.15, 0.2) is 58.1 Å². The summed E-state index contributed by atoms with van der Waals surface area (Å²) in [5, 5.41) is 6.76. The molecule has 0 saturated heterocycles. The van der Waals surface area contributed by atoms with Gasteiger partial charge in [-0.15, -0.1) is 0 Å². The lowest BCUT2D eigenvalue weighted by molar-refractivity contribution is -0.121. The molecule has 2 amide bonds. The molecule has 2 N–H and O–H groups in total. The second-order valence-corrected chi connectivity index (χ2v) is 6.97. The van der Waals surface area contributed by atoms with Crippen LogP contribution in [0.5, 0.6) is 0 Å². The van der Waals surface area contributed by atoms with E-state index in [0.717, 1.165) is 15.7 Å². The van der Waals surface area contributed by atoms with E-state index in [1.54, 1.807) is 18.3 Å². The maximum Gasteiger partial charge on any atom is 0.252 e. The van der Waals surface area contributed by atoms with Crippen LogP contribution in [0.4, 0.5) is 5.69 Å². The highest BCUT2D eigenvalue weighted by molar-refractivity contribution is 9.10. The molecule has 0 aromatic heterocycles. The number of anilines is 1. The Morgan fingerprint density at radius 3 is 2.48 bits per heavy atom. The Balaban J connectivity index is 1.67. The first kappa shape index (κ1) is 20.6. The molecule has 2 rings (SSSR count). The molecule has 0 atom stereocenters. The summed E-state index contributed by atoms with van der Waals surface area (Å²) < 4.78 is 0.744. The highest BCUT2D eigenvalue weighted by atomic mass is 79.9. The van der Waals surface area contributed by atoms with Crippen molar-refractivity contribution in [3.8, 4) is 0 Å². The van der Waals surface area contributed by atoms with Crippen LogP contribution in [0.1, 0.15) is 28.8 Å². The second-order valence-electron chi connectivity index (χ2n) is 6.12. The molecule has 0 bridgehead atoms. The zero-order chi connectivity index (χ0) is 19.6. The van der Waals surface area contributed by atoms with Gasteiger partial charge in [-0.1, -0.05) is 24.3 Å². The third-order valence-corrected chi connectivity index (χ3v) is 4.49. The van der Waals surface area contributed by atoms with E-state index in [1.165, 1.54) is 0 Å². The number of carbonyl (C=O) groups is 2. The van der Waals surface area contributed by atoms with Crippen molar-refractivity contribution >= 4 is 39.6 Å². The largest absolute Gasteiger partial charge is 0.378 e. The number of carbonyl (C=O) groups excluding carboxylic acids is 2. The second kappa shape index (κ2) is 10.5. The molecule has 0 heterocycles. The zero-order valence-corrected chi connectivity index (χ0v) is 17.0. The van der Waals surface area contributed by atoms with Crippen LogP contribution >= 0.6 is 15.9 Å². The molecule has 0 saturated carbocycles. The first-order chi connectivity index (χ1) is 13.0. The Hall–Kier alpha value is -2.67. The van der Waals surface area contributed by atoms with E-state index in [1.807, 2.05) is 55.4 Å². The quantitative estimate of drug-likeness (QED) is 0.383. The lowest BCUT2D eigenvalue weighted by Crippen LogP contribution is -2.26. The predicted octanol–water partition coefficient (Wildman–Crippen LogP) is 3.18. The van der Waals surface area contributed by atoms with Gasteiger partial charge in [0.05, 0.1) is 11.8 Å². The van der Waals surface area contributed by atoms with Gasteiger partial charge in [0.2, 0.25) is 5.91 Å². The van der Waals surface area contributed by atoms with Gasteiger partial charge in [-0.2, -0.15) is 5.10 Å². The van der Waals surface area contributed by atoms with Gasteiger partial charge in [0, 0.05) is 37.2 Å². The number of hydrogen-bond donors (Lipinski definition) is 2. The van der Waals surface area contributed by atoms with Crippen molar-refractivity contribution in [1.29, 1.82) is 0 Å². The van der Waals surface area contributed by atoms with E-state index in [4.69, 9.17) is 0 Å². The predicted molar refractivity (Wildman–Crippen MR) is 112 cm³/mol. The first-order valence-corrected chi connectivity index (χ1v) is 9.38. The van der Waals surface area contributed by atoms with Crippen molar-refractivity contribution in [3.05, 3.63) is 64.1 Å². The summed E-state index contributed by atoms with van der Waals surface area (Å²) in [7, 11) is 3.95. The standard InChI is InChI=1S/C20H23BrN4O2/c1-25(2)16-11-9-15(10-12-16)14-23-24-19(26)8-5-13-22-20(27)17-6-3-4-7-18(17)21/h3-4,6-7,9-12,14H,5,8,13H2,1-2H3,(H,22,27)(H,24,26)/b23-14+. The molecular formula is C20H23BrN4O2. The highest BCUT2D eigenvalue weighted by Crippen LogP contribution is 2.15. The zero-order valence-electron chi connectivity index (χ0n) is 15.4. The summed E-state index contributed by atoms with van der Waals surface area (Å²) in [6.45, 7) is 0.420. The summed E-state index contributed by atoms with van der Waals surface area (Å²) in [5.41, 5.74) is 5.08. The summed E-state index contributed by atoms with van der Waals surface area (Å²) in [6.07, 6.45) is 2.42. The normalized spacial score (nSPS) is 10.6. The van der Waals surface area contributed by atoms with Crippen molar-refractivity contribution in [2.24, 2.45) is 5.10 Å². The maximum absolute atomic E-state index is 12.0. The topological polar surface area (TPSA) is 73.8 Å². The van der Waals surface area contributed by atoms with Crippen LogP contribution in [0, 0.1) is 0 Å². The molecule has 27 heavy (non-hydrogen) atoms. The van der Waals surface area contributed by atoms with E-state index in [2.05, 4.69) is 31.8 Å². The SMILES string of the molecule is CN(C)c1ccc(/C=N/NC(=O)CCCNC(=O)c2ccccc2Br)cc1. The number of rotatable bonds is 8. The van der Waals surface area contributed by atoms with Gasteiger partial charge in [-0.05, 0) is 52.2 Å². The molecule has 0 unspecified atom stereocenters. The van der Waals surface area contributed by atoms with Crippen molar-refractivity contribution in [2.75, 3.05) is 25.5 Å². The van der Waals surface area contributed by atoms with Crippen molar-refractivity contribution in [2.45, 2.75) is 12.8 Å². The number of halogens is 1. The molecule has 0 fully saturated rings. The van der Waals surface area contributed by atoms with E-state index in [0.29, 0.717) is 18.5 Å².